The lowest BCUT2D eigenvalue weighted by Gasteiger charge is -2.12. The number of anilines is 1. The van der Waals surface area contributed by atoms with E-state index < -0.39 is 11.8 Å². The van der Waals surface area contributed by atoms with Gasteiger partial charge in [0, 0.05) is 35.5 Å². The van der Waals surface area contributed by atoms with Gasteiger partial charge < -0.3 is 19.8 Å². The van der Waals surface area contributed by atoms with Gasteiger partial charge in [-0.25, -0.2) is 4.79 Å². The van der Waals surface area contributed by atoms with Crippen LogP contribution in [0.5, 0.6) is 5.75 Å². The SMILES string of the molecule is COC(=O)C(=O)c1cc2c3c(cc(OCc4ccccc4)c2[nH]1)NC[C@H]3CCl. The molecule has 0 saturated heterocycles. The van der Waals surface area contributed by atoms with Crippen LogP contribution in [0.2, 0.25) is 0 Å². The number of fused-ring (bicyclic) bond motifs is 3. The number of H-pyrrole nitrogens is 1. The zero-order chi connectivity index (χ0) is 19.7. The van der Waals surface area contributed by atoms with Crippen molar-refractivity contribution in [3.63, 3.8) is 0 Å². The van der Waals surface area contributed by atoms with Gasteiger partial charge in [-0.3, -0.25) is 4.79 Å². The molecule has 4 rings (SSSR count). The second-order valence-electron chi connectivity index (χ2n) is 6.63. The Labute approximate surface area is 166 Å². The van der Waals surface area contributed by atoms with E-state index in [1.54, 1.807) is 6.07 Å². The summed E-state index contributed by atoms with van der Waals surface area (Å²) in [5, 5.41) is 4.17. The molecule has 3 aromatic rings. The van der Waals surface area contributed by atoms with Gasteiger partial charge in [0.15, 0.2) is 0 Å². The number of rotatable bonds is 6. The van der Waals surface area contributed by atoms with E-state index in [1.807, 2.05) is 36.4 Å². The van der Waals surface area contributed by atoms with Gasteiger partial charge in [0.05, 0.1) is 18.3 Å². The fourth-order valence-corrected chi connectivity index (χ4v) is 3.78. The van der Waals surface area contributed by atoms with Crippen LogP contribution in [-0.4, -0.2) is 36.3 Å². The number of halogens is 1. The third-order valence-corrected chi connectivity index (χ3v) is 5.28. The maximum atomic E-state index is 12.3. The Bertz CT molecular complexity index is 1050. The van der Waals surface area contributed by atoms with Crippen LogP contribution in [-0.2, 0) is 16.1 Å². The van der Waals surface area contributed by atoms with Crippen LogP contribution in [0.4, 0.5) is 5.69 Å². The molecule has 1 aliphatic heterocycles. The van der Waals surface area contributed by atoms with Gasteiger partial charge in [0.1, 0.15) is 12.4 Å². The van der Waals surface area contributed by atoms with Crippen LogP contribution in [0, 0.1) is 0 Å². The molecule has 1 aliphatic rings. The predicted octanol–water partition coefficient (Wildman–Crippen LogP) is 3.85. The first-order valence-electron chi connectivity index (χ1n) is 8.91. The summed E-state index contributed by atoms with van der Waals surface area (Å²) in [6, 6.07) is 13.4. The number of carbonyl (C=O) groups excluding carboxylic acids is 2. The van der Waals surface area contributed by atoms with E-state index >= 15 is 0 Å². The summed E-state index contributed by atoms with van der Waals surface area (Å²) in [6.07, 6.45) is 0. The lowest BCUT2D eigenvalue weighted by atomic mass is 9.98. The largest absolute Gasteiger partial charge is 0.487 e. The van der Waals surface area contributed by atoms with Gasteiger partial charge >= 0.3 is 5.97 Å². The number of aromatic nitrogens is 1. The number of aromatic amines is 1. The molecule has 0 amide bonds. The molecule has 28 heavy (non-hydrogen) atoms. The molecule has 6 nitrogen and oxygen atoms in total. The number of ketones is 1. The van der Waals surface area contributed by atoms with Crippen molar-refractivity contribution in [3.8, 4) is 5.75 Å². The maximum absolute atomic E-state index is 12.3. The Morgan fingerprint density at radius 3 is 2.71 bits per heavy atom. The molecule has 7 heteroatoms. The van der Waals surface area contributed by atoms with Crippen LogP contribution in [0.1, 0.15) is 27.5 Å². The molecule has 0 fully saturated rings. The highest BCUT2D eigenvalue weighted by atomic mass is 35.5. The molecule has 2 aromatic carbocycles. The molecule has 0 bridgehead atoms. The summed E-state index contributed by atoms with van der Waals surface area (Å²) in [4.78, 5) is 27.0. The van der Waals surface area contributed by atoms with E-state index in [2.05, 4.69) is 15.0 Å². The second kappa shape index (κ2) is 7.56. The van der Waals surface area contributed by atoms with Crippen molar-refractivity contribution in [1.29, 1.82) is 0 Å². The number of nitrogens with one attached hydrogen (secondary N) is 2. The molecular weight excluding hydrogens is 380 g/mol. The van der Waals surface area contributed by atoms with Crippen molar-refractivity contribution in [2.24, 2.45) is 0 Å². The van der Waals surface area contributed by atoms with Crippen LogP contribution in [0.25, 0.3) is 10.9 Å². The molecule has 2 heterocycles. The number of Topliss-reactive ketones (excluding diaryl/α,β-unsaturated/α-hetero) is 1. The smallest absolute Gasteiger partial charge is 0.380 e. The van der Waals surface area contributed by atoms with Crippen LogP contribution in [0.15, 0.2) is 42.5 Å². The number of hydrogen-bond donors (Lipinski definition) is 2. The van der Waals surface area contributed by atoms with Crippen molar-refractivity contribution in [2.75, 3.05) is 24.9 Å². The zero-order valence-electron chi connectivity index (χ0n) is 15.3. The number of alkyl halides is 1. The summed E-state index contributed by atoms with van der Waals surface area (Å²) < 4.78 is 10.6. The first-order chi connectivity index (χ1) is 13.6. The summed E-state index contributed by atoms with van der Waals surface area (Å²) >= 11 is 6.14. The Balaban J connectivity index is 1.79. The summed E-state index contributed by atoms with van der Waals surface area (Å²) in [5.41, 5.74) is 3.82. The van der Waals surface area contributed by atoms with Gasteiger partial charge in [-0.05, 0) is 17.2 Å². The summed E-state index contributed by atoms with van der Waals surface area (Å²) in [5.74, 6) is -0.481. The lowest BCUT2D eigenvalue weighted by molar-refractivity contribution is -0.135. The van der Waals surface area contributed by atoms with Crippen molar-refractivity contribution in [1.82, 2.24) is 4.98 Å². The number of hydrogen-bond acceptors (Lipinski definition) is 5. The van der Waals surface area contributed by atoms with Gasteiger partial charge in [-0.15, -0.1) is 11.6 Å². The van der Waals surface area contributed by atoms with E-state index in [4.69, 9.17) is 16.3 Å². The standard InChI is InChI=1S/C21H19ClN2O4/c1-27-21(26)20(25)16-7-14-18-13(9-22)10-23-15(18)8-17(19(14)24-16)28-11-12-5-3-2-4-6-12/h2-8,13,23-24H,9-11H2,1H3/t13-/m1/s1. The monoisotopic (exact) mass is 398 g/mol. The lowest BCUT2D eigenvalue weighted by Crippen LogP contribution is -2.15. The molecule has 0 unspecified atom stereocenters. The van der Waals surface area contributed by atoms with E-state index in [0.717, 1.165) is 22.2 Å². The van der Waals surface area contributed by atoms with Crippen LogP contribution >= 0.6 is 11.6 Å². The average Bonchev–Trinajstić information content (AvgIpc) is 3.35. The predicted molar refractivity (Wildman–Crippen MR) is 107 cm³/mol. The van der Waals surface area contributed by atoms with Crippen molar-refractivity contribution < 1.29 is 19.1 Å². The highest BCUT2D eigenvalue weighted by Gasteiger charge is 2.29. The summed E-state index contributed by atoms with van der Waals surface area (Å²) in [6.45, 7) is 1.09. The number of benzene rings is 2. The minimum Gasteiger partial charge on any atom is -0.487 e. The average molecular weight is 399 g/mol. The van der Waals surface area contributed by atoms with Crippen molar-refractivity contribution >= 4 is 39.9 Å². The zero-order valence-corrected chi connectivity index (χ0v) is 16.0. The molecule has 0 saturated carbocycles. The molecule has 1 atom stereocenters. The fraction of sp³-hybridized carbons (Fsp3) is 0.238. The molecule has 0 spiro atoms. The van der Waals surface area contributed by atoms with Gasteiger partial charge in [0.2, 0.25) is 0 Å². The highest BCUT2D eigenvalue weighted by Crippen LogP contribution is 2.43. The molecule has 0 radical (unpaired) electrons. The number of methoxy groups -OCH3 is 1. The fourth-order valence-electron chi connectivity index (χ4n) is 3.51. The minimum absolute atomic E-state index is 0.110. The number of ether oxygens (including phenoxy) is 2. The van der Waals surface area contributed by atoms with Crippen molar-refractivity contribution in [3.05, 3.63) is 59.3 Å². The first kappa shape index (κ1) is 18.4. The normalized spacial score (nSPS) is 15.1. The Kier molecular flexibility index (Phi) is 4.96. The maximum Gasteiger partial charge on any atom is 0.380 e. The topological polar surface area (TPSA) is 80.4 Å². The van der Waals surface area contributed by atoms with E-state index in [0.29, 0.717) is 30.3 Å². The molecule has 2 N–H and O–H groups in total. The second-order valence-corrected chi connectivity index (χ2v) is 6.94. The van der Waals surface area contributed by atoms with E-state index in [1.165, 1.54) is 7.11 Å². The molecule has 144 valence electrons. The molecular formula is C21H19ClN2O4. The Morgan fingerprint density at radius 2 is 2.00 bits per heavy atom. The number of esters is 1. The minimum atomic E-state index is -0.915. The quantitative estimate of drug-likeness (QED) is 0.285. The third-order valence-electron chi connectivity index (χ3n) is 4.91. The number of carbonyl (C=O) groups is 2. The molecule has 0 aliphatic carbocycles. The van der Waals surface area contributed by atoms with Crippen LogP contribution in [0.3, 0.4) is 0 Å². The Hall–Kier alpha value is -2.99. The summed E-state index contributed by atoms with van der Waals surface area (Å²) in [7, 11) is 1.18. The highest BCUT2D eigenvalue weighted by molar-refractivity contribution is 6.40. The Morgan fingerprint density at radius 1 is 1.21 bits per heavy atom. The van der Waals surface area contributed by atoms with E-state index in [9.17, 15) is 9.59 Å². The van der Waals surface area contributed by atoms with Crippen LogP contribution < -0.4 is 10.1 Å². The first-order valence-corrected chi connectivity index (χ1v) is 9.44. The molecule has 1 aromatic heterocycles. The van der Waals surface area contributed by atoms with Gasteiger partial charge in [0.25, 0.3) is 5.78 Å². The van der Waals surface area contributed by atoms with E-state index in [-0.39, 0.29) is 11.6 Å². The van der Waals surface area contributed by atoms with Gasteiger partial charge in [-0.2, -0.15) is 0 Å². The van der Waals surface area contributed by atoms with Gasteiger partial charge in [-0.1, -0.05) is 30.3 Å². The third kappa shape index (κ3) is 3.20. The van der Waals surface area contributed by atoms with Crippen molar-refractivity contribution in [2.45, 2.75) is 12.5 Å².